The fourth-order valence-electron chi connectivity index (χ4n) is 4.02. The zero-order valence-electron chi connectivity index (χ0n) is 17.0. The first-order chi connectivity index (χ1) is 13.5. The number of hydrogen-bond donors (Lipinski definition) is 1. The van der Waals surface area contributed by atoms with Gasteiger partial charge in [-0.05, 0) is 55.3 Å². The lowest BCUT2D eigenvalue weighted by Crippen LogP contribution is -2.34. The van der Waals surface area contributed by atoms with Gasteiger partial charge in [0.2, 0.25) is 0 Å². The predicted octanol–water partition coefficient (Wildman–Crippen LogP) is 3.13. The van der Waals surface area contributed by atoms with Crippen molar-refractivity contribution in [3.63, 3.8) is 0 Å². The molecule has 1 aromatic carbocycles. The van der Waals surface area contributed by atoms with Gasteiger partial charge in [-0.25, -0.2) is 0 Å². The molecule has 5 nitrogen and oxygen atoms in total. The lowest BCUT2D eigenvalue weighted by atomic mass is 9.90. The number of carbonyl (C=O) groups is 2. The van der Waals surface area contributed by atoms with Gasteiger partial charge in [0, 0.05) is 31.8 Å². The summed E-state index contributed by atoms with van der Waals surface area (Å²) in [6.07, 6.45) is 6.37. The minimum atomic E-state index is -0.369. The molecule has 0 aliphatic carbocycles. The van der Waals surface area contributed by atoms with Gasteiger partial charge in [0.15, 0.2) is 5.78 Å². The van der Waals surface area contributed by atoms with Crippen molar-refractivity contribution in [1.29, 1.82) is 0 Å². The average Bonchev–Trinajstić information content (AvgIpc) is 2.91. The number of anilines is 1. The van der Waals surface area contributed by atoms with Gasteiger partial charge in [-0.2, -0.15) is 0 Å². The van der Waals surface area contributed by atoms with Crippen LogP contribution >= 0.6 is 0 Å². The number of amides is 1. The third-order valence-electron chi connectivity index (χ3n) is 5.41. The molecule has 1 fully saturated rings. The van der Waals surface area contributed by atoms with Crippen molar-refractivity contribution in [2.45, 2.75) is 45.6 Å². The molecule has 2 aliphatic heterocycles. The Balaban J connectivity index is 1.63. The van der Waals surface area contributed by atoms with Gasteiger partial charge in [0.25, 0.3) is 5.91 Å². The van der Waals surface area contributed by atoms with Crippen molar-refractivity contribution in [2.75, 3.05) is 31.1 Å². The molecule has 1 aromatic rings. The maximum absolute atomic E-state index is 12.8. The van der Waals surface area contributed by atoms with E-state index in [9.17, 15) is 9.59 Å². The maximum Gasteiger partial charge on any atom is 0.250 e. The number of ether oxygens (including phenoxy) is 1. The summed E-state index contributed by atoms with van der Waals surface area (Å²) in [6.45, 7) is 7.12. The number of fused-ring (bicyclic) bond motifs is 1. The largest absolute Gasteiger partial charge is 0.369 e. The van der Waals surface area contributed by atoms with Crippen molar-refractivity contribution in [3.05, 3.63) is 42.0 Å². The number of para-hydroxylation sites is 1. The summed E-state index contributed by atoms with van der Waals surface area (Å²) < 4.78 is 5.71. The first-order valence-electron chi connectivity index (χ1n) is 10.5. The first-order valence-corrected chi connectivity index (χ1v) is 10.5. The van der Waals surface area contributed by atoms with Crippen molar-refractivity contribution in [1.82, 2.24) is 5.32 Å². The van der Waals surface area contributed by atoms with Gasteiger partial charge in [-0.15, -0.1) is 0 Å². The van der Waals surface area contributed by atoms with E-state index >= 15 is 0 Å². The Hall–Kier alpha value is -1.98. The van der Waals surface area contributed by atoms with E-state index in [2.05, 4.69) is 25.2 Å². The van der Waals surface area contributed by atoms with Crippen LogP contribution in [0.25, 0.3) is 0 Å². The summed E-state index contributed by atoms with van der Waals surface area (Å²) in [6, 6.07) is 8.06. The van der Waals surface area contributed by atoms with Crippen LogP contribution in [0.2, 0.25) is 0 Å². The van der Waals surface area contributed by atoms with Crippen molar-refractivity contribution in [2.24, 2.45) is 11.8 Å². The summed E-state index contributed by atoms with van der Waals surface area (Å²) in [5.74, 6) is 0.640. The number of allylic oxidation sites excluding steroid dienone is 1. The smallest absolute Gasteiger partial charge is 0.250 e. The van der Waals surface area contributed by atoms with Gasteiger partial charge in [-0.3, -0.25) is 9.59 Å². The third kappa shape index (κ3) is 5.52. The molecule has 1 N–H and O–H groups in total. The highest BCUT2D eigenvalue weighted by molar-refractivity contribution is 6.02. The van der Waals surface area contributed by atoms with Crippen molar-refractivity contribution >= 4 is 17.4 Å². The number of nitrogens with one attached hydrogen (secondary N) is 1. The van der Waals surface area contributed by atoms with E-state index < -0.39 is 0 Å². The van der Waals surface area contributed by atoms with E-state index in [1.54, 1.807) is 6.08 Å². The van der Waals surface area contributed by atoms with Gasteiger partial charge in [0.05, 0.1) is 0 Å². The normalized spacial score (nSPS) is 21.0. The van der Waals surface area contributed by atoms with Crippen LogP contribution in [-0.2, 0) is 20.7 Å². The summed E-state index contributed by atoms with van der Waals surface area (Å²) in [5, 5.41) is 3.26. The molecule has 0 bridgehead atoms. The van der Waals surface area contributed by atoms with Gasteiger partial charge >= 0.3 is 0 Å². The summed E-state index contributed by atoms with van der Waals surface area (Å²) >= 11 is 0. The second-order valence-corrected chi connectivity index (χ2v) is 8.20. The molecule has 2 heterocycles. The first kappa shape index (κ1) is 20.7. The van der Waals surface area contributed by atoms with E-state index in [4.69, 9.17) is 4.74 Å². The standard InChI is InChI=1S/C23H32N2O3/c1-17(2)14-18(15-21(26)22-16-24-11-5-13-28-22)8-9-23(27)25-12-10-19-6-3-4-7-20(19)25/h3-4,6-9,17-18,22,24H,5,10-16H2,1-2H3/b9-8+/t18-,22+/m1/s1. The highest BCUT2D eigenvalue weighted by Gasteiger charge is 2.25. The Labute approximate surface area is 168 Å². The van der Waals surface area contributed by atoms with E-state index in [-0.39, 0.29) is 23.7 Å². The van der Waals surface area contributed by atoms with Gasteiger partial charge in [-0.1, -0.05) is 38.1 Å². The minimum Gasteiger partial charge on any atom is -0.369 e. The lowest BCUT2D eigenvalue weighted by molar-refractivity contribution is -0.130. The summed E-state index contributed by atoms with van der Waals surface area (Å²) in [7, 11) is 0. The Morgan fingerprint density at radius 2 is 2.14 bits per heavy atom. The molecule has 0 radical (unpaired) electrons. The molecule has 28 heavy (non-hydrogen) atoms. The Bertz CT molecular complexity index is 706. The van der Waals surface area contributed by atoms with Crippen LogP contribution in [0.1, 0.15) is 38.7 Å². The van der Waals surface area contributed by atoms with E-state index in [0.717, 1.165) is 38.0 Å². The third-order valence-corrected chi connectivity index (χ3v) is 5.41. The number of hydrogen-bond acceptors (Lipinski definition) is 4. The number of rotatable bonds is 7. The molecule has 0 unspecified atom stereocenters. The monoisotopic (exact) mass is 384 g/mol. The molecule has 5 heteroatoms. The summed E-state index contributed by atoms with van der Waals surface area (Å²) in [5.41, 5.74) is 2.22. The SMILES string of the molecule is CC(C)C[C@@H](/C=C/C(=O)N1CCc2ccccc21)CC(=O)[C@@H]1CNCCCO1. The number of nitrogens with zero attached hydrogens (tertiary/aromatic N) is 1. The second-order valence-electron chi connectivity index (χ2n) is 8.20. The molecule has 2 atom stereocenters. The molecule has 0 aromatic heterocycles. The molecule has 2 aliphatic rings. The lowest BCUT2D eigenvalue weighted by Gasteiger charge is -2.19. The number of carbonyl (C=O) groups excluding carboxylic acids is 2. The molecule has 0 spiro atoms. The van der Waals surface area contributed by atoms with Crippen molar-refractivity contribution in [3.8, 4) is 0 Å². The number of Topliss-reactive ketones (excluding diaryl/α,β-unsaturated/α-hetero) is 1. The molecule has 1 saturated heterocycles. The highest BCUT2D eigenvalue weighted by Crippen LogP contribution is 2.28. The fraction of sp³-hybridized carbons (Fsp3) is 0.565. The van der Waals surface area contributed by atoms with Crippen LogP contribution in [0.3, 0.4) is 0 Å². The molecular formula is C23H32N2O3. The minimum absolute atomic E-state index is 0.00135. The average molecular weight is 385 g/mol. The quantitative estimate of drug-likeness (QED) is 0.734. The molecule has 3 rings (SSSR count). The predicted molar refractivity (Wildman–Crippen MR) is 111 cm³/mol. The Morgan fingerprint density at radius 3 is 2.96 bits per heavy atom. The topological polar surface area (TPSA) is 58.6 Å². The number of ketones is 1. The highest BCUT2D eigenvalue weighted by atomic mass is 16.5. The van der Waals surface area contributed by atoms with Crippen LogP contribution in [0.5, 0.6) is 0 Å². The van der Waals surface area contributed by atoms with E-state index in [1.165, 1.54) is 5.56 Å². The number of benzene rings is 1. The zero-order chi connectivity index (χ0) is 19.9. The molecule has 0 saturated carbocycles. The zero-order valence-corrected chi connectivity index (χ0v) is 17.0. The second kappa shape index (κ2) is 9.99. The maximum atomic E-state index is 12.8. The van der Waals surface area contributed by atoms with Crippen LogP contribution in [0.4, 0.5) is 5.69 Å². The van der Waals surface area contributed by atoms with Gasteiger partial charge in [0.1, 0.15) is 6.10 Å². The molecular weight excluding hydrogens is 352 g/mol. The van der Waals surface area contributed by atoms with Crippen LogP contribution in [0, 0.1) is 11.8 Å². The van der Waals surface area contributed by atoms with E-state index in [1.807, 2.05) is 29.2 Å². The Morgan fingerprint density at radius 1 is 1.32 bits per heavy atom. The molecule has 152 valence electrons. The van der Waals surface area contributed by atoms with Crippen molar-refractivity contribution < 1.29 is 14.3 Å². The molecule has 1 amide bonds. The van der Waals surface area contributed by atoms with E-state index in [0.29, 0.717) is 25.5 Å². The summed E-state index contributed by atoms with van der Waals surface area (Å²) in [4.78, 5) is 27.3. The van der Waals surface area contributed by atoms with Gasteiger partial charge < -0.3 is 15.0 Å². The van der Waals surface area contributed by atoms with Crippen LogP contribution < -0.4 is 10.2 Å². The fourth-order valence-corrected chi connectivity index (χ4v) is 4.02. The van der Waals surface area contributed by atoms with Crippen LogP contribution in [0.15, 0.2) is 36.4 Å². The Kier molecular flexibility index (Phi) is 7.40. The van der Waals surface area contributed by atoms with Crippen LogP contribution in [-0.4, -0.2) is 44.0 Å².